The van der Waals surface area contributed by atoms with Gasteiger partial charge in [-0.2, -0.15) is 0 Å². The maximum atomic E-state index is 11.8. The summed E-state index contributed by atoms with van der Waals surface area (Å²) < 4.78 is 16.7. The number of piperidine rings is 1. The first-order valence-electron chi connectivity index (χ1n) is 9.67. The second kappa shape index (κ2) is 12.1. The van der Waals surface area contributed by atoms with Crippen molar-refractivity contribution in [2.45, 2.75) is 44.3 Å². The standard InChI is InChI=1S/C18H34N4O4/c1-19-18(21-13-17(23)20-8-12-24-2)22-9-6-15(7-10-22)26-14-16-5-3-4-11-25-16/h15-16H,3-14H2,1-2H3,(H,19,21)(H,20,23). The van der Waals surface area contributed by atoms with Crippen LogP contribution in [0.25, 0.3) is 0 Å². The first-order chi connectivity index (χ1) is 12.7. The van der Waals surface area contributed by atoms with E-state index in [1.165, 1.54) is 12.8 Å². The van der Waals surface area contributed by atoms with Crippen LogP contribution in [0.15, 0.2) is 4.99 Å². The Hall–Kier alpha value is -1.38. The van der Waals surface area contributed by atoms with Crippen molar-refractivity contribution in [1.82, 2.24) is 15.5 Å². The maximum absolute atomic E-state index is 11.8. The molecule has 2 aliphatic heterocycles. The molecule has 1 atom stereocenters. The molecule has 0 spiro atoms. The van der Waals surface area contributed by atoms with Gasteiger partial charge >= 0.3 is 0 Å². The van der Waals surface area contributed by atoms with Crippen LogP contribution in [0.2, 0.25) is 0 Å². The van der Waals surface area contributed by atoms with Gasteiger partial charge in [0.25, 0.3) is 0 Å². The molecular weight excluding hydrogens is 336 g/mol. The lowest BCUT2D eigenvalue weighted by Gasteiger charge is -2.35. The summed E-state index contributed by atoms with van der Waals surface area (Å²) in [5, 5.41) is 5.92. The average molecular weight is 370 g/mol. The van der Waals surface area contributed by atoms with Crippen molar-refractivity contribution in [3.05, 3.63) is 0 Å². The smallest absolute Gasteiger partial charge is 0.239 e. The highest BCUT2D eigenvalue weighted by Crippen LogP contribution is 2.17. The van der Waals surface area contributed by atoms with E-state index in [1.807, 2.05) is 0 Å². The summed E-state index contributed by atoms with van der Waals surface area (Å²) in [6.07, 6.45) is 6.02. The van der Waals surface area contributed by atoms with Gasteiger partial charge in [-0.1, -0.05) is 0 Å². The van der Waals surface area contributed by atoms with Gasteiger partial charge < -0.3 is 29.7 Å². The number of methoxy groups -OCH3 is 1. The molecule has 2 aliphatic rings. The quantitative estimate of drug-likeness (QED) is 0.365. The first-order valence-corrected chi connectivity index (χ1v) is 9.67. The SMILES string of the molecule is CN=C(NCC(=O)NCCOC)N1CCC(OCC2CCCCO2)CC1. The van der Waals surface area contributed by atoms with E-state index in [2.05, 4.69) is 20.5 Å². The molecule has 0 aliphatic carbocycles. The van der Waals surface area contributed by atoms with E-state index in [4.69, 9.17) is 14.2 Å². The van der Waals surface area contributed by atoms with Gasteiger partial charge in [-0.25, -0.2) is 0 Å². The lowest BCUT2D eigenvalue weighted by molar-refractivity contribution is -0.120. The third-order valence-corrected chi connectivity index (χ3v) is 4.78. The van der Waals surface area contributed by atoms with Crippen LogP contribution in [-0.4, -0.2) is 89.1 Å². The number of hydrogen-bond acceptors (Lipinski definition) is 5. The lowest BCUT2D eigenvalue weighted by Crippen LogP contribution is -2.49. The second-order valence-electron chi connectivity index (χ2n) is 6.75. The molecular formula is C18H34N4O4. The Labute approximate surface area is 156 Å². The minimum absolute atomic E-state index is 0.0612. The van der Waals surface area contributed by atoms with Crippen LogP contribution >= 0.6 is 0 Å². The number of likely N-dealkylation sites (tertiary alicyclic amines) is 1. The highest BCUT2D eigenvalue weighted by atomic mass is 16.5. The Morgan fingerprint density at radius 3 is 2.69 bits per heavy atom. The van der Waals surface area contributed by atoms with Crippen molar-refractivity contribution in [3.63, 3.8) is 0 Å². The number of carbonyl (C=O) groups is 1. The van der Waals surface area contributed by atoms with E-state index in [1.54, 1.807) is 14.2 Å². The predicted molar refractivity (Wildman–Crippen MR) is 100 cm³/mol. The highest BCUT2D eigenvalue weighted by molar-refractivity contribution is 5.86. The van der Waals surface area contributed by atoms with Crippen LogP contribution in [0.1, 0.15) is 32.1 Å². The minimum atomic E-state index is -0.0612. The highest BCUT2D eigenvalue weighted by Gasteiger charge is 2.23. The van der Waals surface area contributed by atoms with Gasteiger partial charge in [-0.3, -0.25) is 9.79 Å². The van der Waals surface area contributed by atoms with Gasteiger partial charge in [0.1, 0.15) is 0 Å². The normalized spacial score (nSPS) is 22.3. The fraction of sp³-hybridized carbons (Fsp3) is 0.889. The van der Waals surface area contributed by atoms with Gasteiger partial charge in [0.05, 0.1) is 32.0 Å². The van der Waals surface area contributed by atoms with Crippen LogP contribution in [0.4, 0.5) is 0 Å². The third-order valence-electron chi connectivity index (χ3n) is 4.78. The van der Waals surface area contributed by atoms with Gasteiger partial charge in [0.15, 0.2) is 5.96 Å². The zero-order valence-corrected chi connectivity index (χ0v) is 16.2. The van der Waals surface area contributed by atoms with Crippen molar-refractivity contribution in [1.29, 1.82) is 0 Å². The molecule has 8 heteroatoms. The second-order valence-corrected chi connectivity index (χ2v) is 6.75. The molecule has 0 aromatic rings. The first kappa shape index (κ1) is 20.9. The Bertz CT molecular complexity index is 433. The number of carbonyl (C=O) groups excluding carboxylic acids is 1. The van der Waals surface area contributed by atoms with Gasteiger partial charge in [-0.15, -0.1) is 0 Å². The van der Waals surface area contributed by atoms with Crippen LogP contribution < -0.4 is 10.6 Å². The molecule has 0 aromatic carbocycles. The number of amides is 1. The van der Waals surface area contributed by atoms with Crippen LogP contribution in [-0.2, 0) is 19.0 Å². The van der Waals surface area contributed by atoms with E-state index in [9.17, 15) is 4.79 Å². The van der Waals surface area contributed by atoms with Crippen LogP contribution in [0.5, 0.6) is 0 Å². The monoisotopic (exact) mass is 370 g/mol. The molecule has 8 nitrogen and oxygen atoms in total. The number of hydrogen-bond donors (Lipinski definition) is 2. The number of rotatable bonds is 8. The molecule has 26 heavy (non-hydrogen) atoms. The summed E-state index contributed by atoms with van der Waals surface area (Å²) >= 11 is 0. The number of ether oxygens (including phenoxy) is 3. The fourth-order valence-electron chi connectivity index (χ4n) is 3.26. The zero-order chi connectivity index (χ0) is 18.6. The summed E-state index contributed by atoms with van der Waals surface area (Å²) in [5.74, 6) is 0.704. The molecule has 0 radical (unpaired) electrons. The molecule has 0 bridgehead atoms. The van der Waals surface area contributed by atoms with Crippen molar-refractivity contribution in [2.24, 2.45) is 4.99 Å². The van der Waals surface area contributed by atoms with E-state index >= 15 is 0 Å². The van der Waals surface area contributed by atoms with Crippen molar-refractivity contribution < 1.29 is 19.0 Å². The van der Waals surface area contributed by atoms with Crippen molar-refractivity contribution in [3.8, 4) is 0 Å². The summed E-state index contributed by atoms with van der Waals surface area (Å²) in [5.41, 5.74) is 0. The number of nitrogens with zero attached hydrogens (tertiary/aromatic N) is 2. The molecule has 150 valence electrons. The molecule has 0 saturated carbocycles. The van der Waals surface area contributed by atoms with Crippen LogP contribution in [0.3, 0.4) is 0 Å². The molecule has 2 fully saturated rings. The van der Waals surface area contributed by atoms with E-state index < -0.39 is 0 Å². The molecule has 1 unspecified atom stereocenters. The predicted octanol–water partition coefficient (Wildman–Crippen LogP) is 0.375. The lowest BCUT2D eigenvalue weighted by atomic mass is 10.1. The van der Waals surface area contributed by atoms with Gasteiger partial charge in [0, 0.05) is 40.4 Å². The van der Waals surface area contributed by atoms with Crippen molar-refractivity contribution in [2.75, 3.05) is 60.2 Å². The fourth-order valence-corrected chi connectivity index (χ4v) is 3.26. The Kier molecular flexibility index (Phi) is 9.73. The molecule has 1 amide bonds. The number of nitrogens with one attached hydrogen (secondary N) is 2. The van der Waals surface area contributed by atoms with Gasteiger partial charge in [-0.05, 0) is 32.1 Å². The van der Waals surface area contributed by atoms with E-state index in [0.29, 0.717) is 19.8 Å². The molecule has 2 saturated heterocycles. The summed E-state index contributed by atoms with van der Waals surface area (Å²) in [7, 11) is 3.36. The summed E-state index contributed by atoms with van der Waals surface area (Å²) in [6.45, 7) is 4.57. The molecule has 2 N–H and O–H groups in total. The molecule has 2 heterocycles. The maximum Gasteiger partial charge on any atom is 0.239 e. The third kappa shape index (κ3) is 7.47. The van der Waals surface area contributed by atoms with E-state index in [0.717, 1.165) is 44.9 Å². The van der Waals surface area contributed by atoms with Crippen LogP contribution in [0, 0.1) is 0 Å². The number of guanidine groups is 1. The van der Waals surface area contributed by atoms with Crippen molar-refractivity contribution >= 4 is 11.9 Å². The Balaban J connectivity index is 1.62. The van der Waals surface area contributed by atoms with Gasteiger partial charge in [0.2, 0.25) is 5.91 Å². The molecule has 0 aromatic heterocycles. The Morgan fingerprint density at radius 1 is 1.23 bits per heavy atom. The van der Waals surface area contributed by atoms with E-state index in [-0.39, 0.29) is 24.7 Å². The Morgan fingerprint density at radius 2 is 2.04 bits per heavy atom. The largest absolute Gasteiger partial charge is 0.383 e. The average Bonchev–Trinajstić information content (AvgIpc) is 2.69. The topological polar surface area (TPSA) is 84.4 Å². The number of aliphatic imine (C=N–C) groups is 1. The minimum Gasteiger partial charge on any atom is -0.383 e. The summed E-state index contributed by atoms with van der Waals surface area (Å²) in [4.78, 5) is 18.2. The summed E-state index contributed by atoms with van der Waals surface area (Å²) in [6, 6.07) is 0. The zero-order valence-electron chi connectivity index (χ0n) is 16.2. The molecule has 2 rings (SSSR count).